The van der Waals surface area contributed by atoms with Crippen LogP contribution in [-0.4, -0.2) is 24.4 Å². The number of esters is 1. The lowest BCUT2D eigenvalue weighted by atomic mass is 9.93. The molecule has 0 fully saturated rings. The molecule has 2 rings (SSSR count). The van der Waals surface area contributed by atoms with E-state index >= 15 is 0 Å². The van der Waals surface area contributed by atoms with Crippen molar-refractivity contribution in [3.8, 4) is 0 Å². The number of thioether (sulfide) groups is 1. The van der Waals surface area contributed by atoms with Crippen molar-refractivity contribution in [2.24, 2.45) is 0 Å². The van der Waals surface area contributed by atoms with E-state index in [9.17, 15) is 4.79 Å². The number of carbonyl (C=O) groups is 1. The monoisotopic (exact) mass is 256 g/mol. The second kappa shape index (κ2) is 4.74. The zero-order valence-electron chi connectivity index (χ0n) is 10.2. The lowest BCUT2D eigenvalue weighted by molar-refractivity contribution is -0.173. The van der Waals surface area contributed by atoms with Crippen LogP contribution in [0.15, 0.2) is 15.8 Å². The van der Waals surface area contributed by atoms with Gasteiger partial charge in [-0.1, -0.05) is 11.8 Å². The van der Waals surface area contributed by atoms with Gasteiger partial charge in [-0.25, -0.2) is 4.79 Å². The molecule has 17 heavy (non-hydrogen) atoms. The molecule has 1 atom stereocenters. The fourth-order valence-electron chi connectivity index (χ4n) is 1.93. The fourth-order valence-corrected chi connectivity index (χ4v) is 2.51. The minimum absolute atomic E-state index is 0.308. The van der Waals surface area contributed by atoms with Crippen LogP contribution in [0, 0.1) is 0 Å². The molecule has 1 aliphatic rings. The second-order valence-electron chi connectivity index (χ2n) is 4.15. The van der Waals surface area contributed by atoms with Crippen molar-refractivity contribution >= 4 is 17.7 Å². The molecule has 0 N–H and O–H groups in total. The molecule has 1 unspecified atom stereocenters. The summed E-state index contributed by atoms with van der Waals surface area (Å²) in [5.74, 6) is -0.308. The summed E-state index contributed by atoms with van der Waals surface area (Å²) in [5, 5.41) is 0.867. The van der Waals surface area contributed by atoms with E-state index in [2.05, 4.69) is 0 Å². The first-order chi connectivity index (χ1) is 8.10. The first-order valence-electron chi connectivity index (χ1n) is 5.55. The molecule has 0 aliphatic carbocycles. The molecule has 2 heterocycles. The number of furan rings is 1. The number of hydrogen-bond donors (Lipinski definition) is 0. The third-order valence-corrected chi connectivity index (χ3v) is 3.61. The Morgan fingerprint density at radius 1 is 1.65 bits per heavy atom. The average Bonchev–Trinajstić information content (AvgIpc) is 2.71. The quantitative estimate of drug-likeness (QED) is 0.614. The Morgan fingerprint density at radius 2 is 2.41 bits per heavy atom. The van der Waals surface area contributed by atoms with Gasteiger partial charge in [0.25, 0.3) is 0 Å². The fraction of sp³-hybridized carbons (Fsp3) is 0.583. The van der Waals surface area contributed by atoms with Crippen LogP contribution in [0.4, 0.5) is 0 Å². The largest absolute Gasteiger partial charge is 0.464 e. The van der Waals surface area contributed by atoms with E-state index < -0.39 is 5.60 Å². The van der Waals surface area contributed by atoms with Crippen molar-refractivity contribution < 1.29 is 18.7 Å². The van der Waals surface area contributed by atoms with Crippen LogP contribution in [0.2, 0.25) is 0 Å². The molecule has 0 spiro atoms. The average molecular weight is 256 g/mol. The predicted octanol–water partition coefficient (Wildman–Crippen LogP) is 2.40. The number of fused-ring (bicyclic) bond motifs is 1. The van der Waals surface area contributed by atoms with Gasteiger partial charge >= 0.3 is 5.97 Å². The lowest BCUT2D eigenvalue weighted by Gasteiger charge is -2.31. The summed E-state index contributed by atoms with van der Waals surface area (Å²) in [6.07, 6.45) is 4.17. The van der Waals surface area contributed by atoms with E-state index in [1.165, 1.54) is 0 Å². The molecule has 0 amide bonds. The minimum Gasteiger partial charge on any atom is -0.464 e. The third kappa shape index (κ3) is 2.21. The first-order valence-corrected chi connectivity index (χ1v) is 6.77. The topological polar surface area (TPSA) is 48.7 Å². The van der Waals surface area contributed by atoms with Crippen LogP contribution in [-0.2, 0) is 27.3 Å². The van der Waals surface area contributed by atoms with Crippen molar-refractivity contribution in [1.29, 1.82) is 0 Å². The van der Waals surface area contributed by atoms with Crippen molar-refractivity contribution in [1.82, 2.24) is 0 Å². The molecule has 1 aromatic heterocycles. The van der Waals surface area contributed by atoms with Crippen molar-refractivity contribution in [2.75, 3.05) is 12.9 Å². The maximum Gasteiger partial charge on any atom is 0.338 e. The molecule has 1 aromatic rings. The van der Waals surface area contributed by atoms with Gasteiger partial charge in [0.15, 0.2) is 10.7 Å². The summed E-state index contributed by atoms with van der Waals surface area (Å²) in [7, 11) is 0. The number of carbonyl (C=O) groups excluding carboxylic acids is 1. The molecular weight excluding hydrogens is 240 g/mol. The smallest absolute Gasteiger partial charge is 0.338 e. The van der Waals surface area contributed by atoms with Crippen molar-refractivity contribution in [3.05, 3.63) is 17.4 Å². The Morgan fingerprint density at radius 3 is 3.06 bits per heavy atom. The first kappa shape index (κ1) is 12.5. The number of hydrogen-bond acceptors (Lipinski definition) is 5. The van der Waals surface area contributed by atoms with Crippen LogP contribution in [0.1, 0.15) is 25.0 Å². The third-order valence-electron chi connectivity index (χ3n) is 2.90. The van der Waals surface area contributed by atoms with E-state index in [1.54, 1.807) is 31.9 Å². The molecular formula is C12H16O4S. The highest BCUT2D eigenvalue weighted by atomic mass is 32.2. The zero-order valence-corrected chi connectivity index (χ0v) is 11.1. The zero-order chi connectivity index (χ0) is 12.5. The van der Waals surface area contributed by atoms with Gasteiger partial charge in [0.2, 0.25) is 0 Å². The summed E-state index contributed by atoms with van der Waals surface area (Å²) in [6.45, 7) is 4.32. The van der Waals surface area contributed by atoms with E-state index in [1.807, 2.05) is 6.26 Å². The molecule has 0 saturated heterocycles. The van der Waals surface area contributed by atoms with Gasteiger partial charge in [-0.2, -0.15) is 0 Å². The number of ether oxygens (including phenoxy) is 2. The van der Waals surface area contributed by atoms with Gasteiger partial charge in [0.1, 0.15) is 0 Å². The van der Waals surface area contributed by atoms with Crippen LogP contribution in [0.3, 0.4) is 0 Å². The summed E-state index contributed by atoms with van der Waals surface area (Å²) in [4.78, 5) is 11.8. The highest BCUT2D eigenvalue weighted by molar-refractivity contribution is 7.98. The maximum atomic E-state index is 11.8. The highest BCUT2D eigenvalue weighted by Crippen LogP contribution is 2.35. The van der Waals surface area contributed by atoms with E-state index in [-0.39, 0.29) is 5.97 Å². The maximum absolute atomic E-state index is 11.8. The Kier molecular flexibility index (Phi) is 3.49. The van der Waals surface area contributed by atoms with Crippen LogP contribution >= 0.6 is 11.8 Å². The summed E-state index contributed by atoms with van der Waals surface area (Å²) in [5.41, 5.74) is 1.21. The normalized spacial score (nSPS) is 23.2. The van der Waals surface area contributed by atoms with Gasteiger partial charge in [-0.3, -0.25) is 0 Å². The molecule has 4 nitrogen and oxygen atoms in total. The standard InChI is InChI=1S/C12H16O4S/c1-4-14-11(13)12(2)5-8-6-15-10(17-3)9(8)7-16-12/h6H,4-5,7H2,1-3H3. The summed E-state index contributed by atoms with van der Waals surface area (Å²) < 4.78 is 16.1. The highest BCUT2D eigenvalue weighted by Gasteiger charge is 2.41. The van der Waals surface area contributed by atoms with Gasteiger partial charge in [0.05, 0.1) is 19.5 Å². The van der Waals surface area contributed by atoms with Gasteiger partial charge < -0.3 is 13.9 Å². The molecule has 5 heteroatoms. The molecule has 94 valence electrons. The lowest BCUT2D eigenvalue weighted by Crippen LogP contribution is -2.44. The predicted molar refractivity (Wildman–Crippen MR) is 64.0 cm³/mol. The Labute approximate surface area is 105 Å². The van der Waals surface area contributed by atoms with Crippen molar-refractivity contribution in [2.45, 2.75) is 37.6 Å². The number of rotatable bonds is 3. The summed E-state index contributed by atoms with van der Waals surface area (Å²) in [6, 6.07) is 0. The Balaban J connectivity index is 2.20. The van der Waals surface area contributed by atoms with E-state index in [0.717, 1.165) is 16.2 Å². The molecule has 0 aromatic carbocycles. The van der Waals surface area contributed by atoms with E-state index in [4.69, 9.17) is 13.9 Å². The summed E-state index contributed by atoms with van der Waals surface area (Å²) >= 11 is 1.55. The second-order valence-corrected chi connectivity index (χ2v) is 4.93. The Hall–Kier alpha value is -0.940. The van der Waals surface area contributed by atoms with Crippen LogP contribution in [0.5, 0.6) is 0 Å². The Bertz CT molecular complexity index is 426. The molecule has 0 bridgehead atoms. The minimum atomic E-state index is -0.886. The van der Waals surface area contributed by atoms with E-state index in [0.29, 0.717) is 19.6 Å². The molecule has 1 aliphatic heterocycles. The van der Waals surface area contributed by atoms with Crippen LogP contribution in [0.25, 0.3) is 0 Å². The molecule has 0 saturated carbocycles. The van der Waals surface area contributed by atoms with Crippen molar-refractivity contribution in [3.63, 3.8) is 0 Å². The molecule has 0 radical (unpaired) electrons. The van der Waals surface area contributed by atoms with Crippen LogP contribution < -0.4 is 0 Å². The van der Waals surface area contributed by atoms with Gasteiger partial charge in [0, 0.05) is 17.5 Å². The SMILES string of the molecule is CCOC(=O)C1(C)Cc2coc(SC)c2CO1. The van der Waals surface area contributed by atoms with Gasteiger partial charge in [-0.05, 0) is 20.1 Å². The van der Waals surface area contributed by atoms with Gasteiger partial charge in [-0.15, -0.1) is 0 Å².